The zero-order valence-electron chi connectivity index (χ0n) is 18.1. The number of benzene rings is 2. The first kappa shape index (κ1) is 23.0. The largest absolute Gasteiger partial charge is 0.334 e. The van der Waals surface area contributed by atoms with Crippen molar-refractivity contribution in [2.24, 2.45) is 11.8 Å². The smallest absolute Gasteiger partial charge is 0.250 e. The molecule has 1 atom stereocenters. The van der Waals surface area contributed by atoms with Gasteiger partial charge in [0.05, 0.1) is 10.0 Å². The molecule has 3 aromatic rings. The number of hydrogen-bond acceptors (Lipinski definition) is 4. The second-order valence-corrected chi connectivity index (χ2v) is 9.34. The molecule has 168 valence electrons. The van der Waals surface area contributed by atoms with Crippen LogP contribution in [0.25, 0.3) is 17.5 Å². The number of rotatable bonds is 6. The van der Waals surface area contributed by atoms with E-state index in [1.807, 2.05) is 18.2 Å². The first-order valence-electron chi connectivity index (χ1n) is 10.8. The Morgan fingerprint density at radius 2 is 1.84 bits per heavy atom. The summed E-state index contributed by atoms with van der Waals surface area (Å²) in [5, 5.41) is 4.90. The summed E-state index contributed by atoms with van der Waals surface area (Å²) in [6, 6.07) is 12.5. The van der Waals surface area contributed by atoms with Crippen LogP contribution in [0.4, 0.5) is 4.39 Å². The molecule has 2 aromatic carbocycles. The Hall–Kier alpha value is -2.21. The predicted molar refractivity (Wildman–Crippen MR) is 127 cm³/mol. The lowest BCUT2D eigenvalue weighted by Crippen LogP contribution is -2.30. The van der Waals surface area contributed by atoms with Gasteiger partial charge in [-0.05, 0) is 87.5 Å². The van der Waals surface area contributed by atoms with E-state index < -0.39 is 0 Å². The van der Waals surface area contributed by atoms with Crippen molar-refractivity contribution < 1.29 is 8.91 Å². The molecule has 0 saturated heterocycles. The summed E-state index contributed by atoms with van der Waals surface area (Å²) in [6.07, 6.45) is 8.35. The molecule has 1 saturated carbocycles. The Kier molecular flexibility index (Phi) is 7.29. The van der Waals surface area contributed by atoms with Gasteiger partial charge in [-0.2, -0.15) is 4.98 Å². The molecular formula is C25H26Cl2FN3O. The molecule has 1 aromatic heterocycles. The van der Waals surface area contributed by atoms with Gasteiger partial charge in [0.2, 0.25) is 5.82 Å². The van der Waals surface area contributed by atoms with Crippen molar-refractivity contribution in [3.63, 3.8) is 0 Å². The lowest BCUT2D eigenvalue weighted by Gasteiger charge is -2.37. The van der Waals surface area contributed by atoms with Gasteiger partial charge in [0.25, 0.3) is 5.89 Å². The molecule has 4 nitrogen and oxygen atoms in total. The van der Waals surface area contributed by atoms with Crippen molar-refractivity contribution in [2.75, 3.05) is 14.1 Å². The molecule has 7 heteroatoms. The molecule has 0 N–H and O–H groups in total. The summed E-state index contributed by atoms with van der Waals surface area (Å²) in [6.45, 7) is 0. The van der Waals surface area contributed by atoms with Crippen LogP contribution in [0.2, 0.25) is 10.0 Å². The monoisotopic (exact) mass is 473 g/mol. The number of hydrogen-bond donors (Lipinski definition) is 0. The number of halogens is 3. The van der Waals surface area contributed by atoms with Gasteiger partial charge in [-0.15, -0.1) is 0 Å². The highest BCUT2D eigenvalue weighted by Gasteiger charge is 2.29. The van der Waals surface area contributed by atoms with E-state index in [0.29, 0.717) is 39.2 Å². The molecule has 1 aliphatic carbocycles. The Bertz CT molecular complexity index is 1090. The van der Waals surface area contributed by atoms with Crippen molar-refractivity contribution in [1.29, 1.82) is 0 Å². The fourth-order valence-electron chi connectivity index (χ4n) is 4.64. The van der Waals surface area contributed by atoms with E-state index in [9.17, 15) is 4.39 Å². The van der Waals surface area contributed by atoms with Gasteiger partial charge < -0.3 is 9.42 Å². The van der Waals surface area contributed by atoms with Crippen LogP contribution in [0.5, 0.6) is 0 Å². The SMILES string of the molecule is CN(C)C(c1cccc(F)c1)C1CCC(/C=C/c2nc(-c3cccc(Cl)c3Cl)no2)CC1. The van der Waals surface area contributed by atoms with Crippen LogP contribution >= 0.6 is 23.2 Å². The van der Waals surface area contributed by atoms with E-state index in [4.69, 9.17) is 27.7 Å². The molecular weight excluding hydrogens is 448 g/mol. The van der Waals surface area contributed by atoms with Gasteiger partial charge in [-0.1, -0.05) is 52.6 Å². The maximum atomic E-state index is 13.8. The maximum absolute atomic E-state index is 13.8. The summed E-state index contributed by atoms with van der Waals surface area (Å²) in [5.41, 5.74) is 1.70. The first-order chi connectivity index (χ1) is 15.4. The molecule has 1 unspecified atom stereocenters. The first-order valence-corrected chi connectivity index (χ1v) is 11.6. The van der Waals surface area contributed by atoms with E-state index >= 15 is 0 Å². The van der Waals surface area contributed by atoms with Crippen molar-refractivity contribution >= 4 is 29.3 Å². The lowest BCUT2D eigenvalue weighted by molar-refractivity contribution is 0.159. The summed E-state index contributed by atoms with van der Waals surface area (Å²) in [4.78, 5) is 6.64. The fourth-order valence-corrected chi connectivity index (χ4v) is 5.03. The predicted octanol–water partition coefficient (Wildman–Crippen LogP) is 7.31. The molecule has 0 amide bonds. The molecule has 1 heterocycles. The zero-order valence-corrected chi connectivity index (χ0v) is 19.7. The Morgan fingerprint density at radius 1 is 1.09 bits per heavy atom. The van der Waals surface area contributed by atoms with Crippen molar-refractivity contribution in [3.8, 4) is 11.4 Å². The Morgan fingerprint density at radius 3 is 2.56 bits per heavy atom. The van der Waals surface area contributed by atoms with E-state index in [2.05, 4.69) is 35.2 Å². The van der Waals surface area contributed by atoms with Gasteiger partial charge in [-0.3, -0.25) is 0 Å². The standard InChI is InChI=1S/C25H26Cl2FN3O/c1-31(2)24(18-5-3-6-19(28)15-18)17-12-9-16(10-13-17)11-14-22-29-25(30-32-22)20-7-4-8-21(26)23(20)27/h3-8,11,14-17,24H,9-10,12-13H2,1-2H3/b14-11+. The third-order valence-electron chi connectivity index (χ3n) is 6.15. The molecule has 1 aliphatic rings. The average molecular weight is 474 g/mol. The number of nitrogens with zero attached hydrogens (tertiary/aromatic N) is 3. The highest BCUT2D eigenvalue weighted by atomic mass is 35.5. The molecule has 0 aliphatic heterocycles. The molecule has 32 heavy (non-hydrogen) atoms. The second kappa shape index (κ2) is 10.2. The quantitative estimate of drug-likeness (QED) is 0.376. The normalized spacial score (nSPS) is 20.2. The van der Waals surface area contributed by atoms with E-state index in [0.717, 1.165) is 31.2 Å². The average Bonchev–Trinajstić information content (AvgIpc) is 3.24. The van der Waals surface area contributed by atoms with Crippen LogP contribution in [-0.4, -0.2) is 29.1 Å². The fraction of sp³-hybridized carbons (Fsp3) is 0.360. The highest BCUT2D eigenvalue weighted by molar-refractivity contribution is 6.43. The molecule has 4 rings (SSSR count). The van der Waals surface area contributed by atoms with Crippen molar-refractivity contribution in [1.82, 2.24) is 15.0 Å². The third kappa shape index (κ3) is 5.22. The van der Waals surface area contributed by atoms with Crippen molar-refractivity contribution in [3.05, 3.63) is 75.9 Å². The van der Waals surface area contributed by atoms with Crippen LogP contribution in [0, 0.1) is 17.7 Å². The second-order valence-electron chi connectivity index (χ2n) is 8.56. The van der Waals surface area contributed by atoms with Crippen LogP contribution in [0.3, 0.4) is 0 Å². The van der Waals surface area contributed by atoms with Crippen LogP contribution in [0.1, 0.15) is 43.2 Å². The van der Waals surface area contributed by atoms with Crippen molar-refractivity contribution in [2.45, 2.75) is 31.7 Å². The van der Waals surface area contributed by atoms with Gasteiger partial charge >= 0.3 is 0 Å². The van der Waals surface area contributed by atoms with E-state index in [1.54, 1.807) is 24.3 Å². The third-order valence-corrected chi connectivity index (χ3v) is 6.97. The number of aromatic nitrogens is 2. The zero-order chi connectivity index (χ0) is 22.7. The molecule has 0 spiro atoms. The van der Waals surface area contributed by atoms with Crippen LogP contribution in [0.15, 0.2) is 53.1 Å². The number of allylic oxidation sites excluding steroid dienone is 1. The minimum Gasteiger partial charge on any atom is -0.334 e. The molecule has 0 bridgehead atoms. The minimum atomic E-state index is -0.177. The summed E-state index contributed by atoms with van der Waals surface area (Å²) >= 11 is 12.3. The van der Waals surface area contributed by atoms with Gasteiger partial charge in [-0.25, -0.2) is 4.39 Å². The highest BCUT2D eigenvalue weighted by Crippen LogP contribution is 2.40. The van der Waals surface area contributed by atoms with Crippen LogP contribution < -0.4 is 0 Å². The van der Waals surface area contributed by atoms with Gasteiger partial charge in [0, 0.05) is 11.6 Å². The summed E-state index contributed by atoms with van der Waals surface area (Å²) in [5.74, 6) is 1.64. The van der Waals surface area contributed by atoms with Gasteiger partial charge in [0.15, 0.2) is 0 Å². The molecule has 0 radical (unpaired) electrons. The van der Waals surface area contributed by atoms with E-state index in [-0.39, 0.29) is 11.9 Å². The summed E-state index contributed by atoms with van der Waals surface area (Å²) in [7, 11) is 4.14. The van der Waals surface area contributed by atoms with E-state index in [1.165, 1.54) is 6.07 Å². The summed E-state index contributed by atoms with van der Waals surface area (Å²) < 4.78 is 19.1. The van der Waals surface area contributed by atoms with Gasteiger partial charge in [0.1, 0.15) is 5.82 Å². The maximum Gasteiger partial charge on any atom is 0.250 e. The Balaban J connectivity index is 1.39. The Labute approximate surface area is 198 Å². The van der Waals surface area contributed by atoms with Crippen LogP contribution in [-0.2, 0) is 0 Å². The molecule has 1 fully saturated rings. The minimum absolute atomic E-state index is 0.177. The lowest BCUT2D eigenvalue weighted by atomic mass is 9.76. The topological polar surface area (TPSA) is 42.2 Å².